The van der Waals surface area contributed by atoms with Crippen LogP contribution in [-0.2, 0) is 9.47 Å². The van der Waals surface area contributed by atoms with Crippen molar-refractivity contribution in [3.05, 3.63) is 30.3 Å². The maximum absolute atomic E-state index is 11.9. The van der Waals surface area contributed by atoms with Crippen LogP contribution in [0.5, 0.6) is 0 Å². The van der Waals surface area contributed by atoms with E-state index in [4.69, 9.17) is 9.47 Å². The van der Waals surface area contributed by atoms with Gasteiger partial charge >= 0.3 is 6.09 Å². The Morgan fingerprint density at radius 2 is 2.06 bits per heavy atom. The molecule has 0 radical (unpaired) electrons. The number of amides is 1. The summed E-state index contributed by atoms with van der Waals surface area (Å²) in [5, 5.41) is 0. The minimum atomic E-state index is -0.318. The van der Waals surface area contributed by atoms with Gasteiger partial charge in [0.25, 0.3) is 0 Å². The van der Waals surface area contributed by atoms with E-state index >= 15 is 0 Å². The smallest absolute Gasteiger partial charge is 0.414 e. The molecule has 0 N–H and O–H groups in total. The lowest BCUT2D eigenvalue weighted by Crippen LogP contribution is -2.35. The molecule has 92 valence electrons. The Kier molecular flexibility index (Phi) is 3.64. The average Bonchev–Trinajstić information content (AvgIpc) is 3.03. The van der Waals surface area contributed by atoms with Crippen LogP contribution < -0.4 is 4.90 Å². The van der Waals surface area contributed by atoms with Gasteiger partial charge in [-0.2, -0.15) is 0 Å². The minimum Gasteiger partial charge on any atom is -0.449 e. The van der Waals surface area contributed by atoms with E-state index in [2.05, 4.69) is 0 Å². The molecule has 1 heterocycles. The Morgan fingerprint density at radius 1 is 1.41 bits per heavy atom. The zero-order chi connectivity index (χ0) is 12.3. The van der Waals surface area contributed by atoms with Crippen LogP contribution in [0.1, 0.15) is 13.8 Å². The highest BCUT2D eigenvalue weighted by Gasteiger charge is 2.37. The molecule has 0 spiro atoms. The number of epoxide rings is 1. The lowest BCUT2D eigenvalue weighted by molar-refractivity contribution is 0.159. The van der Waals surface area contributed by atoms with E-state index in [0.717, 1.165) is 5.69 Å². The van der Waals surface area contributed by atoms with Crippen molar-refractivity contribution in [3.8, 4) is 0 Å². The lowest BCUT2D eigenvalue weighted by Gasteiger charge is -2.21. The molecule has 17 heavy (non-hydrogen) atoms. The topological polar surface area (TPSA) is 42.1 Å². The maximum atomic E-state index is 11.9. The van der Waals surface area contributed by atoms with E-state index in [9.17, 15) is 4.79 Å². The van der Waals surface area contributed by atoms with E-state index < -0.39 is 0 Å². The quantitative estimate of drug-likeness (QED) is 0.753. The molecular formula is C13H17NO3. The predicted octanol–water partition coefficient (Wildman–Crippen LogP) is 2.44. The van der Waals surface area contributed by atoms with Gasteiger partial charge in [-0.05, 0) is 26.0 Å². The standard InChI is InChI=1S/C13H17NO3/c1-3-16-13(15)14(9-12-10(2)17-12)11-7-5-4-6-8-11/h4-8,10,12H,3,9H2,1-2H3. The van der Waals surface area contributed by atoms with Gasteiger partial charge in [-0.3, -0.25) is 4.90 Å². The zero-order valence-electron chi connectivity index (χ0n) is 10.1. The molecule has 4 nitrogen and oxygen atoms in total. The molecule has 2 atom stereocenters. The van der Waals surface area contributed by atoms with Crippen LogP contribution in [0.3, 0.4) is 0 Å². The van der Waals surface area contributed by atoms with E-state index in [1.54, 1.807) is 11.8 Å². The van der Waals surface area contributed by atoms with E-state index in [1.807, 2.05) is 37.3 Å². The number of para-hydroxylation sites is 1. The SMILES string of the molecule is CCOC(=O)N(CC1OC1C)c1ccccc1. The second-order valence-corrected chi connectivity index (χ2v) is 4.02. The van der Waals surface area contributed by atoms with E-state index in [-0.39, 0.29) is 18.3 Å². The van der Waals surface area contributed by atoms with Crippen molar-refractivity contribution < 1.29 is 14.3 Å². The Balaban J connectivity index is 2.09. The Bertz CT molecular complexity index is 380. The molecule has 0 saturated carbocycles. The molecular weight excluding hydrogens is 218 g/mol. The first kappa shape index (κ1) is 11.9. The number of rotatable bonds is 4. The molecule has 0 aromatic heterocycles. The summed E-state index contributed by atoms with van der Waals surface area (Å²) in [5.74, 6) is 0. The number of ether oxygens (including phenoxy) is 2. The lowest BCUT2D eigenvalue weighted by atomic mass is 10.2. The summed E-state index contributed by atoms with van der Waals surface area (Å²) in [6.45, 7) is 4.73. The second-order valence-electron chi connectivity index (χ2n) is 4.02. The third kappa shape index (κ3) is 2.97. The average molecular weight is 235 g/mol. The normalized spacial score (nSPS) is 22.0. The third-order valence-electron chi connectivity index (χ3n) is 2.75. The van der Waals surface area contributed by atoms with Crippen LogP contribution in [0, 0.1) is 0 Å². The largest absolute Gasteiger partial charge is 0.449 e. The van der Waals surface area contributed by atoms with Crippen molar-refractivity contribution in [1.82, 2.24) is 0 Å². The molecule has 1 saturated heterocycles. The van der Waals surface area contributed by atoms with Gasteiger partial charge < -0.3 is 9.47 Å². The first-order valence-corrected chi connectivity index (χ1v) is 5.87. The summed E-state index contributed by atoms with van der Waals surface area (Å²) >= 11 is 0. The molecule has 1 aliphatic heterocycles. The minimum absolute atomic E-state index is 0.125. The summed E-state index contributed by atoms with van der Waals surface area (Å²) < 4.78 is 10.4. The number of carbonyl (C=O) groups excluding carboxylic acids is 1. The molecule has 1 fully saturated rings. The van der Waals surface area contributed by atoms with Gasteiger partial charge in [0.2, 0.25) is 0 Å². The number of carbonyl (C=O) groups is 1. The number of nitrogens with zero attached hydrogens (tertiary/aromatic N) is 1. The van der Waals surface area contributed by atoms with Crippen LogP contribution in [0.25, 0.3) is 0 Å². The Morgan fingerprint density at radius 3 is 2.59 bits per heavy atom. The van der Waals surface area contributed by atoms with E-state index in [0.29, 0.717) is 13.2 Å². The van der Waals surface area contributed by atoms with Gasteiger partial charge in [0.1, 0.15) is 6.10 Å². The molecule has 0 aliphatic carbocycles. The number of hydrogen-bond donors (Lipinski definition) is 0. The van der Waals surface area contributed by atoms with Gasteiger partial charge in [-0.1, -0.05) is 18.2 Å². The van der Waals surface area contributed by atoms with Gasteiger partial charge in [0, 0.05) is 5.69 Å². The van der Waals surface area contributed by atoms with Gasteiger partial charge in [0.05, 0.1) is 19.3 Å². The third-order valence-corrected chi connectivity index (χ3v) is 2.75. The summed E-state index contributed by atoms with van der Waals surface area (Å²) in [6, 6.07) is 9.51. The van der Waals surface area contributed by atoms with Gasteiger partial charge in [-0.15, -0.1) is 0 Å². The van der Waals surface area contributed by atoms with E-state index in [1.165, 1.54) is 0 Å². The predicted molar refractivity (Wildman–Crippen MR) is 65.1 cm³/mol. The Hall–Kier alpha value is -1.55. The molecule has 2 rings (SSSR count). The highest BCUT2D eigenvalue weighted by atomic mass is 16.6. The summed E-state index contributed by atoms with van der Waals surface area (Å²) in [5.41, 5.74) is 0.841. The van der Waals surface area contributed by atoms with Crippen molar-refractivity contribution in [3.63, 3.8) is 0 Å². The van der Waals surface area contributed by atoms with Crippen molar-refractivity contribution >= 4 is 11.8 Å². The number of hydrogen-bond acceptors (Lipinski definition) is 3. The van der Waals surface area contributed by atoms with Crippen molar-refractivity contribution in [1.29, 1.82) is 0 Å². The molecule has 4 heteroatoms. The Labute approximate surface area is 101 Å². The fourth-order valence-electron chi connectivity index (χ4n) is 1.70. The van der Waals surface area contributed by atoms with Crippen LogP contribution in [-0.4, -0.2) is 31.5 Å². The van der Waals surface area contributed by atoms with Gasteiger partial charge in [0.15, 0.2) is 0 Å². The summed E-state index contributed by atoms with van der Waals surface area (Å²) in [7, 11) is 0. The van der Waals surface area contributed by atoms with Crippen LogP contribution in [0.2, 0.25) is 0 Å². The first-order valence-electron chi connectivity index (χ1n) is 5.87. The first-order chi connectivity index (χ1) is 8.22. The highest BCUT2D eigenvalue weighted by Crippen LogP contribution is 2.25. The van der Waals surface area contributed by atoms with Crippen molar-refractivity contribution in [2.24, 2.45) is 0 Å². The summed E-state index contributed by atoms with van der Waals surface area (Å²) in [4.78, 5) is 13.5. The molecule has 1 amide bonds. The fourth-order valence-corrected chi connectivity index (χ4v) is 1.70. The van der Waals surface area contributed by atoms with Crippen LogP contribution >= 0.6 is 0 Å². The second kappa shape index (κ2) is 5.19. The molecule has 1 aliphatic rings. The monoisotopic (exact) mass is 235 g/mol. The molecule has 1 aromatic rings. The summed E-state index contributed by atoms with van der Waals surface area (Å²) in [6.07, 6.45) is 0.0386. The fraction of sp³-hybridized carbons (Fsp3) is 0.462. The van der Waals surface area contributed by atoms with Crippen LogP contribution in [0.4, 0.5) is 10.5 Å². The highest BCUT2D eigenvalue weighted by molar-refractivity contribution is 5.87. The van der Waals surface area contributed by atoms with Crippen LogP contribution in [0.15, 0.2) is 30.3 Å². The molecule has 1 aromatic carbocycles. The van der Waals surface area contributed by atoms with Crippen molar-refractivity contribution in [2.45, 2.75) is 26.1 Å². The zero-order valence-corrected chi connectivity index (χ0v) is 10.1. The maximum Gasteiger partial charge on any atom is 0.414 e. The number of benzene rings is 1. The molecule has 2 unspecified atom stereocenters. The molecule has 0 bridgehead atoms. The van der Waals surface area contributed by atoms with Crippen molar-refractivity contribution in [2.75, 3.05) is 18.1 Å². The van der Waals surface area contributed by atoms with Gasteiger partial charge in [-0.25, -0.2) is 4.79 Å². The number of anilines is 1.